The van der Waals surface area contributed by atoms with E-state index in [0.29, 0.717) is 0 Å². The van der Waals surface area contributed by atoms with Gasteiger partial charge in [-0.3, -0.25) is 4.79 Å². The van der Waals surface area contributed by atoms with Gasteiger partial charge < -0.3 is 10.1 Å². The maximum atomic E-state index is 13.0. The van der Waals surface area contributed by atoms with E-state index in [-0.39, 0.29) is 30.8 Å². The van der Waals surface area contributed by atoms with Crippen LogP contribution in [-0.4, -0.2) is 65.3 Å². The number of sulfone groups is 1. The molecule has 1 saturated heterocycles. The highest BCUT2D eigenvalue weighted by Gasteiger charge is 2.35. The number of amides is 1. The van der Waals surface area contributed by atoms with Crippen LogP contribution < -0.4 is 10.1 Å². The minimum atomic E-state index is -3.73. The smallest absolute Gasteiger partial charge is 0.243 e. The normalized spacial score (nSPS) is 16.1. The molecule has 0 aliphatic carbocycles. The number of methoxy groups -OCH3 is 1. The summed E-state index contributed by atoms with van der Waals surface area (Å²) in [5, 5.41) is 1.59. The summed E-state index contributed by atoms with van der Waals surface area (Å²) in [6.07, 6.45) is 0.338. The van der Waals surface area contributed by atoms with E-state index < -0.39 is 36.8 Å². The van der Waals surface area contributed by atoms with Gasteiger partial charge >= 0.3 is 0 Å². The van der Waals surface area contributed by atoms with E-state index in [1.54, 1.807) is 31.4 Å². The monoisotopic (exact) mass is 466 g/mol. The Bertz CT molecular complexity index is 1120. The van der Waals surface area contributed by atoms with Crippen molar-refractivity contribution < 1.29 is 26.4 Å². The van der Waals surface area contributed by atoms with Crippen LogP contribution in [0.1, 0.15) is 12.8 Å². The fourth-order valence-corrected chi connectivity index (χ4v) is 6.70. The number of nitrogens with zero attached hydrogens (tertiary/aromatic N) is 1. The van der Waals surface area contributed by atoms with Gasteiger partial charge in [-0.2, -0.15) is 4.31 Å². The van der Waals surface area contributed by atoms with Gasteiger partial charge in [-0.1, -0.05) is 24.3 Å². The summed E-state index contributed by atoms with van der Waals surface area (Å²) < 4.78 is 57.2. The Hall–Kier alpha value is -2.43. The van der Waals surface area contributed by atoms with Crippen molar-refractivity contribution in [2.45, 2.75) is 23.0 Å². The first-order valence-corrected chi connectivity index (χ1v) is 13.0. The molecule has 0 radical (unpaired) electrons. The number of carbonyl (C=O) groups is 1. The fourth-order valence-electron chi connectivity index (χ4n) is 3.56. The highest BCUT2D eigenvalue weighted by molar-refractivity contribution is 7.92. The number of hydrogen-bond acceptors (Lipinski definition) is 6. The average molecular weight is 467 g/mol. The van der Waals surface area contributed by atoms with Crippen molar-refractivity contribution in [2.75, 3.05) is 33.0 Å². The van der Waals surface area contributed by atoms with Crippen molar-refractivity contribution in [3.8, 4) is 16.9 Å². The van der Waals surface area contributed by atoms with E-state index in [9.17, 15) is 21.6 Å². The molecule has 0 spiro atoms. The predicted octanol–water partition coefficient (Wildman–Crippen LogP) is 1.68. The lowest BCUT2D eigenvalue weighted by atomic mass is 10.1. The van der Waals surface area contributed by atoms with Gasteiger partial charge in [-0.05, 0) is 48.2 Å². The van der Waals surface area contributed by atoms with Crippen molar-refractivity contribution in [3.05, 3.63) is 48.5 Å². The summed E-state index contributed by atoms with van der Waals surface area (Å²) in [5.41, 5.74) is 1.81. The second-order valence-electron chi connectivity index (χ2n) is 7.34. The van der Waals surface area contributed by atoms with E-state index in [1.165, 1.54) is 11.4 Å². The first-order chi connectivity index (χ1) is 14.7. The van der Waals surface area contributed by atoms with Crippen molar-refractivity contribution in [3.63, 3.8) is 0 Å². The van der Waals surface area contributed by atoms with Gasteiger partial charge in [0.05, 0.1) is 17.3 Å². The van der Waals surface area contributed by atoms with E-state index >= 15 is 0 Å². The molecule has 31 heavy (non-hydrogen) atoms. The number of sulfonamides is 1. The maximum absolute atomic E-state index is 13.0. The molecule has 1 fully saturated rings. The van der Waals surface area contributed by atoms with Crippen LogP contribution in [-0.2, 0) is 24.7 Å². The van der Waals surface area contributed by atoms with Gasteiger partial charge in [0.25, 0.3) is 0 Å². The molecule has 8 nitrogen and oxygen atoms in total. The van der Waals surface area contributed by atoms with Crippen molar-refractivity contribution in [1.29, 1.82) is 0 Å². The quantitative estimate of drug-likeness (QED) is 0.665. The molecule has 3 rings (SSSR count). The van der Waals surface area contributed by atoms with E-state index in [2.05, 4.69) is 5.32 Å². The Morgan fingerprint density at radius 3 is 1.97 bits per heavy atom. The highest BCUT2D eigenvalue weighted by atomic mass is 32.2. The Labute approximate surface area is 183 Å². The largest absolute Gasteiger partial charge is 0.497 e. The number of hydrogen-bond donors (Lipinski definition) is 1. The standard InChI is InChI=1S/C21H26N2O6S2/c1-22-21(24)15-30(25,26)19-11-13-23(14-12-19)31(27,28)20-9-5-17(6-10-20)16-3-7-18(29-2)8-4-16/h3-10,19H,11-15H2,1-2H3,(H,22,24). The first kappa shape index (κ1) is 23.2. The third-order valence-electron chi connectivity index (χ3n) is 5.44. The van der Waals surface area contributed by atoms with Crippen LogP contribution in [0.3, 0.4) is 0 Å². The number of nitrogens with one attached hydrogen (secondary N) is 1. The molecule has 2 aromatic carbocycles. The number of carbonyl (C=O) groups excluding carboxylic acids is 1. The van der Waals surface area contributed by atoms with Gasteiger partial charge in [-0.25, -0.2) is 16.8 Å². The molecule has 0 bridgehead atoms. The van der Waals surface area contributed by atoms with Crippen LogP contribution in [0.4, 0.5) is 0 Å². The number of rotatable bonds is 7. The minimum Gasteiger partial charge on any atom is -0.497 e. The molecule has 168 valence electrons. The number of ether oxygens (including phenoxy) is 1. The van der Waals surface area contributed by atoms with E-state index in [1.807, 2.05) is 24.3 Å². The molecule has 0 atom stereocenters. The molecule has 0 saturated carbocycles. The van der Waals surface area contributed by atoms with Gasteiger partial charge in [0.1, 0.15) is 11.5 Å². The van der Waals surface area contributed by atoms with Gasteiger partial charge in [0.15, 0.2) is 9.84 Å². The summed E-state index contributed by atoms with van der Waals surface area (Å²) in [7, 11) is -4.37. The Morgan fingerprint density at radius 2 is 1.48 bits per heavy atom. The predicted molar refractivity (Wildman–Crippen MR) is 118 cm³/mol. The van der Waals surface area contributed by atoms with Crippen LogP contribution in [0.15, 0.2) is 53.4 Å². The van der Waals surface area contributed by atoms with Crippen LogP contribution >= 0.6 is 0 Å². The van der Waals surface area contributed by atoms with E-state index in [0.717, 1.165) is 16.9 Å². The van der Waals surface area contributed by atoms with Crippen molar-refractivity contribution >= 4 is 25.8 Å². The van der Waals surface area contributed by atoms with Crippen molar-refractivity contribution in [2.24, 2.45) is 0 Å². The topological polar surface area (TPSA) is 110 Å². The number of piperidine rings is 1. The van der Waals surface area contributed by atoms with E-state index in [4.69, 9.17) is 4.74 Å². The molecule has 2 aromatic rings. The molecule has 1 aliphatic heterocycles. The first-order valence-electron chi connectivity index (χ1n) is 9.84. The number of benzene rings is 2. The third kappa shape index (κ3) is 5.25. The fraction of sp³-hybridized carbons (Fsp3) is 0.381. The molecule has 1 amide bonds. The summed E-state index contributed by atoms with van der Waals surface area (Å²) in [6, 6.07) is 14.1. The zero-order chi connectivity index (χ0) is 22.6. The van der Waals surface area contributed by atoms with Gasteiger partial charge in [0.2, 0.25) is 15.9 Å². The van der Waals surface area contributed by atoms with Gasteiger partial charge in [0, 0.05) is 20.1 Å². The summed E-state index contributed by atoms with van der Waals surface area (Å²) in [4.78, 5) is 11.6. The summed E-state index contributed by atoms with van der Waals surface area (Å²) in [6.45, 7) is 0.195. The van der Waals surface area contributed by atoms with Gasteiger partial charge in [-0.15, -0.1) is 0 Å². The molecular weight excluding hydrogens is 440 g/mol. The third-order valence-corrected chi connectivity index (χ3v) is 9.50. The SMILES string of the molecule is CNC(=O)CS(=O)(=O)C1CCN(S(=O)(=O)c2ccc(-c3ccc(OC)cc3)cc2)CC1. The Kier molecular flexibility index (Phi) is 7.03. The second kappa shape index (κ2) is 9.37. The minimum absolute atomic E-state index is 0.0974. The zero-order valence-electron chi connectivity index (χ0n) is 17.4. The Morgan fingerprint density at radius 1 is 0.968 bits per heavy atom. The summed E-state index contributed by atoms with van der Waals surface area (Å²) >= 11 is 0. The lowest BCUT2D eigenvalue weighted by molar-refractivity contribution is -0.118. The molecule has 1 N–H and O–H groups in total. The highest BCUT2D eigenvalue weighted by Crippen LogP contribution is 2.27. The summed E-state index contributed by atoms with van der Waals surface area (Å²) in [5.74, 6) is -0.399. The Balaban J connectivity index is 1.69. The second-order valence-corrected chi connectivity index (χ2v) is 11.6. The molecule has 10 heteroatoms. The maximum Gasteiger partial charge on any atom is 0.243 e. The molecule has 1 heterocycles. The molecule has 0 unspecified atom stereocenters. The lowest BCUT2D eigenvalue weighted by Crippen LogP contribution is -2.44. The van der Waals surface area contributed by atoms with Crippen molar-refractivity contribution in [1.82, 2.24) is 9.62 Å². The van der Waals surface area contributed by atoms with Crippen LogP contribution in [0.2, 0.25) is 0 Å². The lowest BCUT2D eigenvalue weighted by Gasteiger charge is -2.30. The van der Waals surface area contributed by atoms with Crippen LogP contribution in [0, 0.1) is 0 Å². The molecule has 1 aliphatic rings. The molecule has 0 aromatic heterocycles. The molecular formula is C21H26N2O6S2. The van der Waals surface area contributed by atoms with Crippen LogP contribution in [0.5, 0.6) is 5.75 Å². The van der Waals surface area contributed by atoms with Crippen LogP contribution in [0.25, 0.3) is 11.1 Å². The average Bonchev–Trinajstić information content (AvgIpc) is 2.79. The zero-order valence-corrected chi connectivity index (χ0v) is 19.1.